The van der Waals surface area contributed by atoms with E-state index in [9.17, 15) is 5.11 Å². The van der Waals surface area contributed by atoms with Gasteiger partial charge in [-0.25, -0.2) is 0 Å². The molecule has 2 unspecified atom stereocenters. The highest BCUT2D eigenvalue weighted by Gasteiger charge is 2.19. The largest absolute Gasteiger partial charge is 0.390 e. The summed E-state index contributed by atoms with van der Waals surface area (Å²) in [5.74, 6) is 0. The predicted octanol–water partition coefficient (Wildman–Crippen LogP) is 1.01. The second-order valence-corrected chi connectivity index (χ2v) is 6.31. The van der Waals surface area contributed by atoms with E-state index in [1.165, 1.54) is 4.88 Å². The first kappa shape index (κ1) is 14.9. The van der Waals surface area contributed by atoms with Crippen LogP contribution in [0.1, 0.15) is 17.8 Å². The molecule has 19 heavy (non-hydrogen) atoms. The van der Waals surface area contributed by atoms with Gasteiger partial charge in [0.2, 0.25) is 0 Å². The maximum atomic E-state index is 10.2. The zero-order chi connectivity index (χ0) is 13.7. The third-order valence-electron chi connectivity index (χ3n) is 3.79. The molecule has 5 heteroatoms. The molecule has 2 atom stereocenters. The highest BCUT2D eigenvalue weighted by Crippen LogP contribution is 2.23. The molecule has 1 fully saturated rings. The number of β-amino-alcohol motifs (C(OH)–C–C–N with tert-alkyl or cyclic N) is 1. The van der Waals surface area contributed by atoms with E-state index in [4.69, 9.17) is 0 Å². The Morgan fingerprint density at radius 1 is 1.47 bits per heavy atom. The average molecular weight is 283 g/mol. The molecule has 1 aliphatic rings. The SMILES string of the molecule is CC(c1cccs1)N(C)CC(O)CN1CCNCC1. The van der Waals surface area contributed by atoms with Gasteiger partial charge < -0.3 is 10.4 Å². The van der Waals surface area contributed by atoms with Gasteiger partial charge in [0.05, 0.1) is 6.10 Å². The predicted molar refractivity (Wildman–Crippen MR) is 80.7 cm³/mol. The van der Waals surface area contributed by atoms with Gasteiger partial charge in [-0.15, -0.1) is 11.3 Å². The fourth-order valence-electron chi connectivity index (χ4n) is 2.49. The summed E-state index contributed by atoms with van der Waals surface area (Å²) in [4.78, 5) is 5.93. The van der Waals surface area contributed by atoms with Crippen LogP contribution in [0.5, 0.6) is 0 Å². The summed E-state index contributed by atoms with van der Waals surface area (Å²) in [5.41, 5.74) is 0. The van der Waals surface area contributed by atoms with Crippen molar-refractivity contribution in [2.45, 2.75) is 19.1 Å². The zero-order valence-electron chi connectivity index (χ0n) is 11.9. The number of hydrogen-bond acceptors (Lipinski definition) is 5. The Bertz CT molecular complexity index is 352. The number of likely N-dealkylation sites (N-methyl/N-ethyl adjacent to an activating group) is 1. The molecule has 0 aromatic carbocycles. The van der Waals surface area contributed by atoms with Gasteiger partial charge in [-0.3, -0.25) is 9.80 Å². The van der Waals surface area contributed by atoms with Crippen LogP contribution in [0.4, 0.5) is 0 Å². The molecule has 4 nitrogen and oxygen atoms in total. The van der Waals surface area contributed by atoms with Crippen molar-refractivity contribution in [2.75, 3.05) is 46.3 Å². The Hall–Kier alpha value is -0.460. The fraction of sp³-hybridized carbons (Fsp3) is 0.714. The number of nitrogens with zero attached hydrogens (tertiary/aromatic N) is 2. The van der Waals surface area contributed by atoms with Crippen LogP contribution in [-0.2, 0) is 0 Å². The van der Waals surface area contributed by atoms with Gasteiger partial charge in [0, 0.05) is 50.2 Å². The Morgan fingerprint density at radius 3 is 2.84 bits per heavy atom. The molecule has 1 saturated heterocycles. The van der Waals surface area contributed by atoms with Gasteiger partial charge in [0.1, 0.15) is 0 Å². The van der Waals surface area contributed by atoms with Crippen LogP contribution in [0.2, 0.25) is 0 Å². The molecule has 2 heterocycles. The Kier molecular flexibility index (Phi) is 5.78. The molecular weight excluding hydrogens is 258 g/mol. The number of thiophene rings is 1. The van der Waals surface area contributed by atoms with Crippen LogP contribution in [0, 0.1) is 0 Å². The van der Waals surface area contributed by atoms with Gasteiger partial charge in [-0.05, 0) is 25.4 Å². The van der Waals surface area contributed by atoms with Crippen molar-refractivity contribution >= 4 is 11.3 Å². The van der Waals surface area contributed by atoms with Crippen LogP contribution in [0.3, 0.4) is 0 Å². The van der Waals surface area contributed by atoms with Crippen LogP contribution >= 0.6 is 11.3 Å². The van der Waals surface area contributed by atoms with Crippen molar-refractivity contribution in [3.05, 3.63) is 22.4 Å². The number of piperazine rings is 1. The molecular formula is C14H25N3OS. The van der Waals surface area contributed by atoms with Gasteiger partial charge in [0.15, 0.2) is 0 Å². The first-order valence-corrected chi connectivity index (χ1v) is 7.89. The maximum Gasteiger partial charge on any atom is 0.0793 e. The highest BCUT2D eigenvalue weighted by atomic mass is 32.1. The first-order valence-electron chi connectivity index (χ1n) is 7.01. The summed E-state index contributed by atoms with van der Waals surface area (Å²) in [6.07, 6.45) is -0.273. The lowest BCUT2D eigenvalue weighted by Gasteiger charge is -2.32. The Labute approximate surface area is 120 Å². The first-order chi connectivity index (χ1) is 9.16. The van der Waals surface area contributed by atoms with E-state index in [-0.39, 0.29) is 6.10 Å². The summed E-state index contributed by atoms with van der Waals surface area (Å²) in [5, 5.41) is 15.7. The van der Waals surface area contributed by atoms with E-state index in [0.29, 0.717) is 6.04 Å². The number of aliphatic hydroxyl groups is 1. The minimum atomic E-state index is -0.273. The van der Waals surface area contributed by atoms with E-state index >= 15 is 0 Å². The highest BCUT2D eigenvalue weighted by molar-refractivity contribution is 7.10. The van der Waals surface area contributed by atoms with Crippen LogP contribution in [0.25, 0.3) is 0 Å². The summed E-state index contributed by atoms with van der Waals surface area (Å²) in [7, 11) is 2.09. The second-order valence-electron chi connectivity index (χ2n) is 5.34. The molecule has 108 valence electrons. The molecule has 0 amide bonds. The number of hydrogen-bond donors (Lipinski definition) is 2. The summed E-state index contributed by atoms with van der Waals surface area (Å²) in [6, 6.07) is 4.62. The van der Waals surface area contributed by atoms with E-state index < -0.39 is 0 Å². The molecule has 1 aromatic rings. The van der Waals surface area contributed by atoms with Gasteiger partial charge in [-0.2, -0.15) is 0 Å². The topological polar surface area (TPSA) is 38.7 Å². The van der Waals surface area contributed by atoms with Crippen molar-refractivity contribution < 1.29 is 5.11 Å². The molecule has 0 bridgehead atoms. The smallest absolute Gasteiger partial charge is 0.0793 e. The third-order valence-corrected chi connectivity index (χ3v) is 4.84. The lowest BCUT2D eigenvalue weighted by Crippen LogP contribution is -2.48. The van der Waals surface area contributed by atoms with Gasteiger partial charge in [0.25, 0.3) is 0 Å². The minimum Gasteiger partial charge on any atom is -0.390 e. The van der Waals surface area contributed by atoms with Gasteiger partial charge >= 0.3 is 0 Å². The number of nitrogens with one attached hydrogen (secondary N) is 1. The maximum absolute atomic E-state index is 10.2. The van der Waals surface area contributed by atoms with Crippen molar-refractivity contribution in [1.29, 1.82) is 0 Å². The van der Waals surface area contributed by atoms with Gasteiger partial charge in [-0.1, -0.05) is 6.07 Å². The minimum absolute atomic E-state index is 0.273. The van der Waals surface area contributed by atoms with E-state index in [0.717, 1.165) is 39.3 Å². The average Bonchev–Trinajstić information content (AvgIpc) is 2.92. The molecule has 0 aliphatic carbocycles. The lowest BCUT2D eigenvalue weighted by atomic mass is 10.2. The van der Waals surface area contributed by atoms with Crippen LogP contribution in [0.15, 0.2) is 17.5 Å². The van der Waals surface area contributed by atoms with Crippen LogP contribution < -0.4 is 5.32 Å². The fourth-order valence-corrected chi connectivity index (χ4v) is 3.33. The van der Waals surface area contributed by atoms with E-state index in [1.54, 1.807) is 11.3 Å². The summed E-state index contributed by atoms with van der Waals surface area (Å²) in [6.45, 7) is 7.86. The van der Waals surface area contributed by atoms with Crippen molar-refractivity contribution in [3.63, 3.8) is 0 Å². The lowest BCUT2D eigenvalue weighted by molar-refractivity contribution is 0.0671. The van der Waals surface area contributed by atoms with Crippen molar-refractivity contribution in [2.24, 2.45) is 0 Å². The third kappa shape index (κ3) is 4.54. The van der Waals surface area contributed by atoms with Crippen molar-refractivity contribution in [1.82, 2.24) is 15.1 Å². The molecule has 1 aliphatic heterocycles. The Balaban J connectivity index is 1.76. The summed E-state index contributed by atoms with van der Waals surface area (Å²) >= 11 is 1.78. The second kappa shape index (κ2) is 7.36. The monoisotopic (exact) mass is 283 g/mol. The molecule has 2 rings (SSSR count). The van der Waals surface area contributed by atoms with E-state index in [1.807, 2.05) is 0 Å². The Morgan fingerprint density at radius 2 is 2.21 bits per heavy atom. The molecule has 0 saturated carbocycles. The van der Waals surface area contributed by atoms with Crippen molar-refractivity contribution in [3.8, 4) is 0 Å². The number of aliphatic hydroxyl groups excluding tert-OH is 1. The molecule has 2 N–H and O–H groups in total. The molecule has 0 radical (unpaired) electrons. The summed E-state index contributed by atoms with van der Waals surface area (Å²) < 4.78 is 0. The quantitative estimate of drug-likeness (QED) is 0.817. The standard InChI is InChI=1S/C14H25N3OS/c1-12(14-4-3-9-19-14)16(2)10-13(18)11-17-7-5-15-6-8-17/h3-4,9,12-13,15,18H,5-8,10-11H2,1-2H3. The number of rotatable bonds is 6. The van der Waals surface area contributed by atoms with E-state index in [2.05, 4.69) is 46.6 Å². The normalized spacial score (nSPS) is 20.6. The zero-order valence-corrected chi connectivity index (χ0v) is 12.7. The van der Waals surface area contributed by atoms with Crippen LogP contribution in [-0.4, -0.2) is 67.3 Å². The molecule has 0 spiro atoms. The molecule has 1 aromatic heterocycles.